The van der Waals surface area contributed by atoms with Gasteiger partial charge < -0.3 is 10.1 Å². The van der Waals surface area contributed by atoms with Gasteiger partial charge in [-0.05, 0) is 29.6 Å². The predicted octanol–water partition coefficient (Wildman–Crippen LogP) is 4.26. The molecule has 0 saturated heterocycles. The second-order valence-electron chi connectivity index (χ2n) is 5.69. The van der Waals surface area contributed by atoms with Crippen LogP contribution in [0.1, 0.15) is 10.4 Å². The van der Waals surface area contributed by atoms with Crippen LogP contribution in [-0.4, -0.2) is 27.8 Å². The number of aromatic nitrogens is 3. The first-order chi connectivity index (χ1) is 13.2. The van der Waals surface area contributed by atoms with Crippen molar-refractivity contribution in [2.45, 2.75) is 0 Å². The van der Waals surface area contributed by atoms with E-state index in [0.717, 1.165) is 10.6 Å². The first-order valence-electron chi connectivity index (χ1n) is 8.25. The smallest absolute Gasteiger partial charge is 0.259 e. The maximum Gasteiger partial charge on any atom is 0.259 e. The summed E-state index contributed by atoms with van der Waals surface area (Å²) in [6.45, 7) is 0. The summed E-state index contributed by atoms with van der Waals surface area (Å²) < 4.78 is 6.76. The van der Waals surface area contributed by atoms with Crippen LogP contribution in [0.5, 0.6) is 5.88 Å². The molecule has 0 aliphatic rings. The standard InChI is InChI=1S/C20H16N4O2S/c1-26-18-10-9-14(12-21-18)22-20(25)16-13-24(15-6-3-2-4-7-15)23-19(16)17-8-5-11-27-17/h2-13H,1H3,(H,22,25). The lowest BCUT2D eigenvalue weighted by atomic mass is 10.2. The summed E-state index contributed by atoms with van der Waals surface area (Å²) in [5.41, 5.74) is 2.62. The minimum absolute atomic E-state index is 0.243. The lowest BCUT2D eigenvalue weighted by molar-refractivity contribution is 0.102. The molecular formula is C20H16N4O2S. The molecule has 134 valence electrons. The van der Waals surface area contributed by atoms with E-state index in [1.807, 2.05) is 47.8 Å². The number of thiophene rings is 1. The van der Waals surface area contributed by atoms with Gasteiger partial charge in [0.15, 0.2) is 0 Å². The van der Waals surface area contributed by atoms with Crippen LogP contribution in [0.3, 0.4) is 0 Å². The highest BCUT2D eigenvalue weighted by Crippen LogP contribution is 2.28. The molecule has 0 radical (unpaired) electrons. The number of nitrogens with zero attached hydrogens (tertiary/aromatic N) is 3. The number of rotatable bonds is 5. The quantitative estimate of drug-likeness (QED) is 0.565. The number of benzene rings is 1. The van der Waals surface area contributed by atoms with Gasteiger partial charge in [-0.2, -0.15) is 5.10 Å². The van der Waals surface area contributed by atoms with Crippen LogP contribution in [0.25, 0.3) is 16.3 Å². The third-order valence-corrected chi connectivity index (χ3v) is 4.81. The zero-order valence-electron chi connectivity index (χ0n) is 14.5. The van der Waals surface area contributed by atoms with E-state index >= 15 is 0 Å². The Labute approximate surface area is 160 Å². The fourth-order valence-electron chi connectivity index (χ4n) is 2.62. The number of hydrogen-bond acceptors (Lipinski definition) is 5. The van der Waals surface area contributed by atoms with Crippen LogP contribution >= 0.6 is 11.3 Å². The van der Waals surface area contributed by atoms with Crippen LogP contribution in [0, 0.1) is 0 Å². The van der Waals surface area contributed by atoms with Gasteiger partial charge in [-0.15, -0.1) is 11.3 Å². The molecule has 0 fully saturated rings. The topological polar surface area (TPSA) is 69.0 Å². The van der Waals surface area contributed by atoms with Crippen molar-refractivity contribution in [3.63, 3.8) is 0 Å². The number of methoxy groups -OCH3 is 1. The number of anilines is 1. The van der Waals surface area contributed by atoms with E-state index in [4.69, 9.17) is 4.74 Å². The highest BCUT2D eigenvalue weighted by atomic mass is 32.1. The van der Waals surface area contributed by atoms with Gasteiger partial charge in [0.1, 0.15) is 5.69 Å². The molecule has 3 aromatic heterocycles. The molecule has 0 spiro atoms. The molecule has 27 heavy (non-hydrogen) atoms. The average molecular weight is 376 g/mol. The fraction of sp³-hybridized carbons (Fsp3) is 0.0500. The van der Waals surface area contributed by atoms with Gasteiger partial charge in [-0.3, -0.25) is 4.79 Å². The van der Waals surface area contributed by atoms with E-state index in [1.54, 1.807) is 47.7 Å². The summed E-state index contributed by atoms with van der Waals surface area (Å²) in [6.07, 6.45) is 3.31. The van der Waals surface area contributed by atoms with E-state index < -0.39 is 0 Å². The molecule has 0 unspecified atom stereocenters. The minimum atomic E-state index is -0.243. The van der Waals surface area contributed by atoms with Crippen molar-refractivity contribution in [3.05, 3.63) is 77.9 Å². The van der Waals surface area contributed by atoms with Crippen LogP contribution < -0.4 is 10.1 Å². The Morgan fingerprint density at radius 1 is 1.11 bits per heavy atom. The highest BCUT2D eigenvalue weighted by Gasteiger charge is 2.19. The molecule has 0 bridgehead atoms. The van der Waals surface area contributed by atoms with E-state index in [1.165, 1.54) is 0 Å². The first-order valence-corrected chi connectivity index (χ1v) is 9.13. The van der Waals surface area contributed by atoms with E-state index in [-0.39, 0.29) is 5.91 Å². The Morgan fingerprint density at radius 2 is 1.96 bits per heavy atom. The molecule has 0 aliphatic heterocycles. The van der Waals surface area contributed by atoms with Gasteiger partial charge in [0.25, 0.3) is 5.91 Å². The average Bonchev–Trinajstić information content (AvgIpc) is 3.39. The summed E-state index contributed by atoms with van der Waals surface area (Å²) in [6, 6.07) is 17.0. The van der Waals surface area contributed by atoms with Crippen molar-refractivity contribution in [3.8, 4) is 22.1 Å². The Morgan fingerprint density at radius 3 is 2.63 bits per heavy atom. The van der Waals surface area contributed by atoms with Gasteiger partial charge in [0.05, 0.1) is 35.1 Å². The number of ether oxygens (including phenoxy) is 1. The first kappa shape index (κ1) is 17.0. The largest absolute Gasteiger partial charge is 0.481 e. The van der Waals surface area contributed by atoms with Gasteiger partial charge in [-0.25, -0.2) is 9.67 Å². The van der Waals surface area contributed by atoms with Crippen molar-refractivity contribution < 1.29 is 9.53 Å². The highest BCUT2D eigenvalue weighted by molar-refractivity contribution is 7.13. The third kappa shape index (κ3) is 3.58. The van der Waals surface area contributed by atoms with Crippen molar-refractivity contribution in [1.29, 1.82) is 0 Å². The summed E-state index contributed by atoms with van der Waals surface area (Å²) in [7, 11) is 1.55. The molecule has 0 saturated carbocycles. The lowest BCUT2D eigenvalue weighted by Crippen LogP contribution is -2.12. The van der Waals surface area contributed by atoms with Crippen LogP contribution in [0.2, 0.25) is 0 Å². The van der Waals surface area contributed by atoms with Gasteiger partial charge >= 0.3 is 0 Å². The Hall–Kier alpha value is -3.45. The number of pyridine rings is 1. The van der Waals surface area contributed by atoms with E-state index in [2.05, 4.69) is 15.4 Å². The number of carbonyl (C=O) groups excluding carboxylic acids is 1. The molecule has 1 aromatic carbocycles. The molecule has 0 atom stereocenters. The van der Waals surface area contributed by atoms with Crippen molar-refractivity contribution in [1.82, 2.24) is 14.8 Å². The summed E-state index contributed by atoms with van der Waals surface area (Å²) >= 11 is 1.54. The van der Waals surface area contributed by atoms with Gasteiger partial charge in [0, 0.05) is 12.3 Å². The van der Waals surface area contributed by atoms with Crippen molar-refractivity contribution >= 4 is 22.9 Å². The van der Waals surface area contributed by atoms with Crippen molar-refractivity contribution in [2.75, 3.05) is 12.4 Å². The number of nitrogens with one attached hydrogen (secondary N) is 1. The Balaban J connectivity index is 1.69. The maximum atomic E-state index is 12.9. The summed E-state index contributed by atoms with van der Waals surface area (Å²) in [4.78, 5) is 18.0. The molecule has 0 aliphatic carbocycles. The molecule has 6 nitrogen and oxygen atoms in total. The van der Waals surface area contributed by atoms with Gasteiger partial charge in [0.2, 0.25) is 5.88 Å². The molecule has 7 heteroatoms. The van der Waals surface area contributed by atoms with Crippen molar-refractivity contribution in [2.24, 2.45) is 0 Å². The number of hydrogen-bond donors (Lipinski definition) is 1. The lowest BCUT2D eigenvalue weighted by Gasteiger charge is -2.05. The summed E-state index contributed by atoms with van der Waals surface area (Å²) in [5, 5.41) is 9.48. The molecule has 3 heterocycles. The minimum Gasteiger partial charge on any atom is -0.481 e. The molecule has 1 amide bonds. The van der Waals surface area contributed by atoms with E-state index in [9.17, 15) is 4.79 Å². The van der Waals surface area contributed by atoms with Crippen LogP contribution in [-0.2, 0) is 0 Å². The fourth-order valence-corrected chi connectivity index (χ4v) is 3.35. The Kier molecular flexibility index (Phi) is 4.67. The van der Waals surface area contributed by atoms with E-state index in [0.29, 0.717) is 22.8 Å². The molecule has 4 rings (SSSR count). The normalized spacial score (nSPS) is 10.6. The summed E-state index contributed by atoms with van der Waals surface area (Å²) in [5.74, 6) is 0.247. The number of carbonyl (C=O) groups is 1. The zero-order chi connectivity index (χ0) is 18.6. The molecule has 1 N–H and O–H groups in total. The molecular weight excluding hydrogens is 360 g/mol. The SMILES string of the molecule is COc1ccc(NC(=O)c2cn(-c3ccccc3)nc2-c2cccs2)cn1. The van der Waals surface area contributed by atoms with Crippen LogP contribution in [0.15, 0.2) is 72.4 Å². The maximum absolute atomic E-state index is 12.9. The third-order valence-electron chi connectivity index (χ3n) is 3.94. The predicted molar refractivity (Wildman–Crippen MR) is 106 cm³/mol. The zero-order valence-corrected chi connectivity index (χ0v) is 15.3. The second-order valence-corrected chi connectivity index (χ2v) is 6.64. The Bertz CT molecular complexity index is 1040. The monoisotopic (exact) mass is 376 g/mol. The van der Waals surface area contributed by atoms with Crippen LogP contribution in [0.4, 0.5) is 5.69 Å². The second kappa shape index (κ2) is 7.43. The number of para-hydroxylation sites is 1. The van der Waals surface area contributed by atoms with Gasteiger partial charge in [-0.1, -0.05) is 24.3 Å². The number of amides is 1. The molecule has 4 aromatic rings.